The zero-order valence-corrected chi connectivity index (χ0v) is 17.0. The van der Waals surface area contributed by atoms with Gasteiger partial charge in [-0.25, -0.2) is 4.68 Å². The smallest absolute Gasteiger partial charge is 0.265 e. The molecule has 5 nitrogen and oxygen atoms in total. The van der Waals surface area contributed by atoms with Crippen molar-refractivity contribution in [2.24, 2.45) is 4.99 Å². The van der Waals surface area contributed by atoms with Crippen molar-refractivity contribution < 1.29 is 4.79 Å². The van der Waals surface area contributed by atoms with E-state index >= 15 is 0 Å². The average Bonchev–Trinajstić information content (AvgIpc) is 3.08. The van der Waals surface area contributed by atoms with Crippen molar-refractivity contribution in [1.29, 1.82) is 0 Å². The van der Waals surface area contributed by atoms with Gasteiger partial charge in [-0.1, -0.05) is 54.6 Å². The molecule has 31 heavy (non-hydrogen) atoms. The van der Waals surface area contributed by atoms with E-state index in [4.69, 9.17) is 0 Å². The first kappa shape index (κ1) is 18.8. The van der Waals surface area contributed by atoms with Crippen LogP contribution in [0.25, 0.3) is 16.8 Å². The van der Waals surface area contributed by atoms with Crippen molar-refractivity contribution in [1.82, 2.24) is 9.78 Å². The number of aromatic nitrogens is 2. The highest BCUT2D eigenvalue weighted by molar-refractivity contribution is 6.10. The Morgan fingerprint density at radius 3 is 2.39 bits per heavy atom. The van der Waals surface area contributed by atoms with Crippen LogP contribution in [-0.2, 0) is 0 Å². The van der Waals surface area contributed by atoms with Gasteiger partial charge in [0.25, 0.3) is 5.91 Å². The van der Waals surface area contributed by atoms with Crippen molar-refractivity contribution in [2.45, 2.75) is 6.92 Å². The first-order valence-electron chi connectivity index (χ1n) is 10.1. The van der Waals surface area contributed by atoms with Gasteiger partial charge in [0, 0.05) is 24.2 Å². The largest absolute Gasteiger partial charge is 0.281 e. The number of carbonyl (C=O) groups is 1. The van der Waals surface area contributed by atoms with E-state index in [1.54, 1.807) is 34.4 Å². The number of para-hydroxylation sites is 1. The van der Waals surface area contributed by atoms with Crippen molar-refractivity contribution in [2.75, 3.05) is 4.90 Å². The second kappa shape index (κ2) is 7.88. The monoisotopic (exact) mass is 404 g/mol. The second-order valence-electron chi connectivity index (χ2n) is 7.28. The third-order valence-electron chi connectivity index (χ3n) is 5.37. The van der Waals surface area contributed by atoms with Crippen molar-refractivity contribution in [3.63, 3.8) is 0 Å². The van der Waals surface area contributed by atoms with E-state index in [9.17, 15) is 4.79 Å². The minimum atomic E-state index is -0.143. The summed E-state index contributed by atoms with van der Waals surface area (Å²) in [5, 5.41) is 4.45. The molecule has 0 spiro atoms. The fourth-order valence-electron chi connectivity index (χ4n) is 3.75. The van der Waals surface area contributed by atoms with E-state index < -0.39 is 0 Å². The maximum absolute atomic E-state index is 13.5. The minimum Gasteiger partial charge on any atom is -0.281 e. The first-order chi connectivity index (χ1) is 15.2. The van der Waals surface area contributed by atoms with Gasteiger partial charge in [-0.05, 0) is 42.3 Å². The van der Waals surface area contributed by atoms with Crippen LogP contribution < -0.4 is 4.90 Å². The van der Waals surface area contributed by atoms with Crippen LogP contribution in [0.15, 0.2) is 102 Å². The molecule has 0 unspecified atom stereocenters. The number of nitrogens with zero attached hydrogens (tertiary/aromatic N) is 4. The number of anilines is 1. The number of benzene rings is 3. The molecule has 5 rings (SSSR count). The van der Waals surface area contributed by atoms with E-state index in [2.05, 4.69) is 28.3 Å². The number of amides is 1. The highest BCUT2D eigenvalue weighted by Crippen LogP contribution is 2.30. The lowest BCUT2D eigenvalue weighted by atomic mass is 10.0. The maximum atomic E-state index is 13.5. The molecule has 1 aromatic heterocycles. The van der Waals surface area contributed by atoms with Crippen LogP contribution >= 0.6 is 0 Å². The fourth-order valence-corrected chi connectivity index (χ4v) is 3.75. The molecule has 0 atom stereocenters. The lowest BCUT2D eigenvalue weighted by Gasteiger charge is -2.20. The Bertz CT molecular complexity index is 1300. The Morgan fingerprint density at radius 2 is 1.61 bits per heavy atom. The third kappa shape index (κ3) is 3.46. The van der Waals surface area contributed by atoms with Gasteiger partial charge in [0.1, 0.15) is 0 Å². The lowest BCUT2D eigenvalue weighted by Crippen LogP contribution is -2.26. The number of aliphatic imine (C=N–C) groups is 1. The number of rotatable bonds is 3. The highest BCUT2D eigenvalue weighted by atomic mass is 16.2. The SMILES string of the molecule is Cc1c(C(=O)N2C=CN=Cc3cc(-c4ccccc4)ccc32)cnn1-c1ccccc1. The van der Waals surface area contributed by atoms with Gasteiger partial charge < -0.3 is 0 Å². The maximum Gasteiger partial charge on any atom is 0.265 e. The Hall–Kier alpha value is -4.25. The normalized spacial score (nSPS) is 12.5. The fraction of sp³-hybridized carbons (Fsp3) is 0.0385. The molecule has 2 heterocycles. The molecule has 4 aromatic rings. The molecular weight excluding hydrogens is 384 g/mol. The quantitative estimate of drug-likeness (QED) is 0.459. The molecule has 0 radical (unpaired) electrons. The zero-order chi connectivity index (χ0) is 21.2. The molecule has 0 fully saturated rings. The molecule has 150 valence electrons. The van der Waals surface area contributed by atoms with Gasteiger partial charge in [-0.15, -0.1) is 0 Å². The summed E-state index contributed by atoms with van der Waals surface area (Å²) in [7, 11) is 0. The third-order valence-corrected chi connectivity index (χ3v) is 5.37. The van der Waals surface area contributed by atoms with Crippen molar-refractivity contribution in [3.05, 3.63) is 114 Å². The van der Waals surface area contributed by atoms with Gasteiger partial charge in [-0.3, -0.25) is 14.7 Å². The predicted molar refractivity (Wildman–Crippen MR) is 124 cm³/mol. The summed E-state index contributed by atoms with van der Waals surface area (Å²) < 4.78 is 1.78. The summed E-state index contributed by atoms with van der Waals surface area (Å²) in [6.45, 7) is 1.91. The van der Waals surface area contributed by atoms with E-state index in [1.807, 2.05) is 67.6 Å². The van der Waals surface area contributed by atoms with Crippen molar-refractivity contribution in [3.8, 4) is 16.8 Å². The molecule has 0 N–H and O–H groups in total. The Morgan fingerprint density at radius 1 is 0.871 bits per heavy atom. The number of hydrogen-bond donors (Lipinski definition) is 0. The van der Waals surface area contributed by atoms with Crippen LogP contribution in [-0.4, -0.2) is 21.9 Å². The summed E-state index contributed by atoms with van der Waals surface area (Å²) in [6.07, 6.45) is 6.75. The van der Waals surface area contributed by atoms with E-state index in [0.717, 1.165) is 33.8 Å². The van der Waals surface area contributed by atoms with Gasteiger partial charge in [0.2, 0.25) is 0 Å². The van der Waals surface area contributed by atoms with Crippen LogP contribution in [0.3, 0.4) is 0 Å². The van der Waals surface area contributed by atoms with Gasteiger partial charge in [0.15, 0.2) is 0 Å². The molecule has 3 aromatic carbocycles. The van der Waals surface area contributed by atoms with Crippen molar-refractivity contribution >= 4 is 17.8 Å². The van der Waals surface area contributed by atoms with Gasteiger partial charge in [0.05, 0.1) is 28.8 Å². The summed E-state index contributed by atoms with van der Waals surface area (Å²) in [6, 6.07) is 26.0. The summed E-state index contributed by atoms with van der Waals surface area (Å²) in [5.41, 5.74) is 6.12. The molecule has 1 aliphatic rings. The first-order valence-corrected chi connectivity index (χ1v) is 10.1. The number of fused-ring (bicyclic) bond motifs is 1. The molecule has 1 amide bonds. The summed E-state index contributed by atoms with van der Waals surface area (Å²) in [5.74, 6) is -0.143. The van der Waals surface area contributed by atoms with E-state index in [1.165, 1.54) is 0 Å². The van der Waals surface area contributed by atoms with Gasteiger partial charge in [-0.2, -0.15) is 5.10 Å². The molecule has 5 heteroatoms. The standard InChI is InChI=1S/C26H20N4O/c1-19-24(18-28-30(19)23-10-6-3-7-11-23)26(31)29-15-14-27-17-22-16-21(12-13-25(22)29)20-8-4-2-5-9-20/h2-18H,1H3. The van der Waals surface area contributed by atoms with Crippen LogP contribution in [0.5, 0.6) is 0 Å². The molecule has 0 saturated carbocycles. The van der Waals surface area contributed by atoms with Crippen LogP contribution in [0.1, 0.15) is 21.6 Å². The zero-order valence-electron chi connectivity index (χ0n) is 17.0. The van der Waals surface area contributed by atoms with E-state index in [0.29, 0.717) is 5.56 Å². The van der Waals surface area contributed by atoms with Crippen LogP contribution in [0.2, 0.25) is 0 Å². The lowest BCUT2D eigenvalue weighted by molar-refractivity contribution is 0.0997. The Labute approximate surface area is 180 Å². The van der Waals surface area contributed by atoms with E-state index in [-0.39, 0.29) is 5.91 Å². The second-order valence-corrected chi connectivity index (χ2v) is 7.28. The predicted octanol–water partition coefficient (Wildman–Crippen LogP) is 5.40. The summed E-state index contributed by atoms with van der Waals surface area (Å²) >= 11 is 0. The Balaban J connectivity index is 1.52. The summed E-state index contributed by atoms with van der Waals surface area (Å²) in [4.78, 5) is 19.5. The van der Waals surface area contributed by atoms with Crippen LogP contribution in [0, 0.1) is 6.92 Å². The number of carbonyl (C=O) groups excluding carboxylic acids is 1. The molecular formula is C26H20N4O. The molecule has 0 bridgehead atoms. The van der Waals surface area contributed by atoms with Gasteiger partial charge >= 0.3 is 0 Å². The topological polar surface area (TPSA) is 50.5 Å². The molecule has 0 saturated heterocycles. The average molecular weight is 404 g/mol. The molecule has 0 aliphatic carbocycles. The van der Waals surface area contributed by atoms with Crippen LogP contribution in [0.4, 0.5) is 5.69 Å². The highest BCUT2D eigenvalue weighted by Gasteiger charge is 2.23. The molecule has 1 aliphatic heterocycles. The Kier molecular flexibility index (Phi) is 4.77. The minimum absolute atomic E-state index is 0.143. The number of hydrogen-bond acceptors (Lipinski definition) is 3.